The summed E-state index contributed by atoms with van der Waals surface area (Å²) in [6, 6.07) is 4.97. The van der Waals surface area contributed by atoms with Crippen LogP contribution in [-0.2, 0) is 9.53 Å². The fourth-order valence-electron chi connectivity index (χ4n) is 2.40. The Morgan fingerprint density at radius 1 is 1.21 bits per heavy atom. The minimum atomic E-state index is -0.595. The second kappa shape index (κ2) is 9.91. The number of thiophene rings is 1. The van der Waals surface area contributed by atoms with Crippen LogP contribution < -0.4 is 5.32 Å². The highest BCUT2D eigenvalue weighted by atomic mass is 35.5. The van der Waals surface area contributed by atoms with Gasteiger partial charge in [0.05, 0.1) is 27.1 Å². The van der Waals surface area contributed by atoms with Crippen LogP contribution in [0.4, 0.5) is 5.00 Å². The van der Waals surface area contributed by atoms with Crippen molar-refractivity contribution in [3.63, 3.8) is 0 Å². The average molecular weight is 455 g/mol. The molecule has 1 N–H and O–H groups in total. The predicted octanol–water partition coefficient (Wildman–Crippen LogP) is 4.89. The third kappa shape index (κ3) is 5.59. The first-order chi connectivity index (χ1) is 13.6. The summed E-state index contributed by atoms with van der Waals surface area (Å²) >= 11 is 12.9. The van der Waals surface area contributed by atoms with Gasteiger partial charge >= 0.3 is 5.97 Å². The van der Waals surface area contributed by atoms with Crippen LogP contribution in [0.5, 0.6) is 0 Å². The van der Waals surface area contributed by atoms with Crippen LogP contribution in [0.15, 0.2) is 24.3 Å². The number of esters is 1. The van der Waals surface area contributed by atoms with Gasteiger partial charge in [0.15, 0.2) is 0 Å². The number of anilines is 1. The molecule has 0 saturated heterocycles. The SMILES string of the molecule is CCOC(=O)c1c(NC(=O)C=Cc2ccc(Cl)c(Cl)c2)sc(C(=O)N(C)C)c1C. The lowest BCUT2D eigenvalue weighted by atomic mass is 10.1. The number of halogens is 2. The first-order valence-corrected chi connectivity index (χ1v) is 10.2. The van der Waals surface area contributed by atoms with Gasteiger partial charge in [-0.05, 0) is 43.2 Å². The fourth-order valence-corrected chi connectivity index (χ4v) is 3.93. The van der Waals surface area contributed by atoms with Crippen molar-refractivity contribution in [2.24, 2.45) is 0 Å². The number of carbonyl (C=O) groups excluding carboxylic acids is 3. The van der Waals surface area contributed by atoms with Gasteiger partial charge in [-0.2, -0.15) is 0 Å². The maximum atomic E-state index is 12.4. The summed E-state index contributed by atoms with van der Waals surface area (Å²) in [5.74, 6) is -1.32. The second-order valence-electron chi connectivity index (χ2n) is 6.18. The summed E-state index contributed by atoms with van der Waals surface area (Å²) in [5.41, 5.74) is 1.33. The Morgan fingerprint density at radius 3 is 2.48 bits per heavy atom. The third-order valence-electron chi connectivity index (χ3n) is 3.83. The zero-order valence-corrected chi connectivity index (χ0v) is 18.7. The summed E-state index contributed by atoms with van der Waals surface area (Å²) in [6.07, 6.45) is 2.87. The minimum Gasteiger partial charge on any atom is -0.462 e. The van der Waals surface area contributed by atoms with E-state index >= 15 is 0 Å². The molecule has 0 aliphatic heterocycles. The first-order valence-electron chi connectivity index (χ1n) is 8.62. The van der Waals surface area contributed by atoms with Gasteiger partial charge < -0.3 is 15.0 Å². The number of nitrogens with zero attached hydrogens (tertiary/aromatic N) is 1. The molecule has 2 aromatic rings. The second-order valence-corrected chi connectivity index (χ2v) is 8.01. The Morgan fingerprint density at radius 2 is 1.90 bits per heavy atom. The van der Waals surface area contributed by atoms with Gasteiger partial charge in [-0.3, -0.25) is 9.59 Å². The Bertz CT molecular complexity index is 983. The van der Waals surface area contributed by atoms with Crippen molar-refractivity contribution >= 4 is 63.4 Å². The molecule has 9 heteroatoms. The van der Waals surface area contributed by atoms with Gasteiger partial charge in [0.25, 0.3) is 5.91 Å². The van der Waals surface area contributed by atoms with Crippen LogP contribution in [0.25, 0.3) is 6.08 Å². The highest BCUT2D eigenvalue weighted by molar-refractivity contribution is 7.18. The van der Waals surface area contributed by atoms with E-state index in [-0.39, 0.29) is 23.1 Å². The van der Waals surface area contributed by atoms with Crippen molar-refractivity contribution in [3.05, 3.63) is 55.9 Å². The van der Waals surface area contributed by atoms with E-state index in [0.717, 1.165) is 11.3 Å². The van der Waals surface area contributed by atoms with Gasteiger partial charge in [-0.25, -0.2) is 4.79 Å². The summed E-state index contributed by atoms with van der Waals surface area (Å²) in [4.78, 5) is 39.0. The molecular weight excluding hydrogens is 435 g/mol. The molecule has 6 nitrogen and oxygen atoms in total. The zero-order chi connectivity index (χ0) is 21.7. The molecule has 0 saturated carbocycles. The number of amides is 2. The van der Waals surface area contributed by atoms with E-state index in [1.165, 1.54) is 11.0 Å². The molecule has 0 aliphatic rings. The topological polar surface area (TPSA) is 75.7 Å². The normalized spacial score (nSPS) is 10.8. The third-order valence-corrected chi connectivity index (χ3v) is 5.77. The number of carbonyl (C=O) groups is 3. The number of nitrogens with one attached hydrogen (secondary N) is 1. The molecule has 1 aromatic heterocycles. The monoisotopic (exact) mass is 454 g/mol. The number of hydrogen-bond donors (Lipinski definition) is 1. The van der Waals surface area contributed by atoms with Crippen molar-refractivity contribution in [2.75, 3.05) is 26.0 Å². The molecule has 0 aliphatic carbocycles. The Hall–Kier alpha value is -2.35. The van der Waals surface area contributed by atoms with Gasteiger partial charge in [0.1, 0.15) is 5.00 Å². The number of benzene rings is 1. The molecule has 0 fully saturated rings. The molecule has 1 aromatic carbocycles. The molecule has 0 atom stereocenters. The van der Waals surface area contributed by atoms with E-state index in [2.05, 4.69) is 5.32 Å². The van der Waals surface area contributed by atoms with Crippen LogP contribution in [0, 0.1) is 6.92 Å². The highest BCUT2D eigenvalue weighted by Gasteiger charge is 2.27. The molecule has 1 heterocycles. The van der Waals surface area contributed by atoms with Crippen LogP contribution in [0.1, 0.15) is 38.1 Å². The number of ether oxygens (including phenoxy) is 1. The quantitative estimate of drug-likeness (QED) is 0.497. The molecule has 0 spiro atoms. The summed E-state index contributed by atoms with van der Waals surface area (Å²) in [5, 5.41) is 3.71. The van der Waals surface area contributed by atoms with E-state index in [1.54, 1.807) is 52.2 Å². The van der Waals surface area contributed by atoms with Gasteiger partial charge in [0.2, 0.25) is 5.91 Å². The maximum Gasteiger partial charge on any atom is 0.341 e. The minimum absolute atomic E-state index is 0.176. The summed E-state index contributed by atoms with van der Waals surface area (Å²) in [6.45, 7) is 3.51. The standard InChI is InChI=1S/C20H20Cl2N2O4S/c1-5-28-20(27)16-11(2)17(19(26)24(3)4)29-18(16)23-15(25)9-7-12-6-8-13(21)14(22)10-12/h6-10H,5H2,1-4H3,(H,23,25). The number of hydrogen-bond acceptors (Lipinski definition) is 5. The van der Waals surface area contributed by atoms with Gasteiger partial charge in [-0.15, -0.1) is 11.3 Å². The molecule has 154 valence electrons. The molecule has 0 unspecified atom stereocenters. The first kappa shape index (κ1) is 22.9. The summed E-state index contributed by atoms with van der Waals surface area (Å²) in [7, 11) is 3.23. The molecular formula is C20H20Cl2N2O4S. The van der Waals surface area contributed by atoms with Crippen molar-refractivity contribution in [3.8, 4) is 0 Å². The Kier molecular flexibility index (Phi) is 7.84. The Balaban J connectivity index is 2.32. The van der Waals surface area contributed by atoms with E-state index < -0.39 is 11.9 Å². The lowest BCUT2D eigenvalue weighted by Gasteiger charge is -2.09. The average Bonchev–Trinajstić information content (AvgIpc) is 2.98. The van der Waals surface area contributed by atoms with Gasteiger partial charge in [-0.1, -0.05) is 29.3 Å². The molecule has 2 amide bonds. The van der Waals surface area contributed by atoms with Crippen LogP contribution in [0.2, 0.25) is 10.0 Å². The number of rotatable bonds is 6. The summed E-state index contributed by atoms with van der Waals surface area (Å²) < 4.78 is 5.08. The van der Waals surface area contributed by atoms with Crippen LogP contribution >= 0.6 is 34.5 Å². The highest BCUT2D eigenvalue weighted by Crippen LogP contribution is 2.34. The lowest BCUT2D eigenvalue weighted by Crippen LogP contribution is -2.21. The maximum absolute atomic E-state index is 12.4. The van der Waals surface area contributed by atoms with E-state index in [1.807, 2.05) is 0 Å². The Labute approximate surface area is 183 Å². The van der Waals surface area contributed by atoms with Crippen molar-refractivity contribution in [1.82, 2.24) is 4.90 Å². The van der Waals surface area contributed by atoms with E-state index in [9.17, 15) is 14.4 Å². The molecule has 29 heavy (non-hydrogen) atoms. The zero-order valence-electron chi connectivity index (χ0n) is 16.3. The van der Waals surface area contributed by atoms with E-state index in [0.29, 0.717) is 26.0 Å². The predicted molar refractivity (Wildman–Crippen MR) is 117 cm³/mol. The lowest BCUT2D eigenvalue weighted by molar-refractivity contribution is -0.111. The largest absolute Gasteiger partial charge is 0.462 e. The van der Waals surface area contributed by atoms with E-state index in [4.69, 9.17) is 27.9 Å². The fraction of sp³-hybridized carbons (Fsp3) is 0.250. The van der Waals surface area contributed by atoms with Crippen molar-refractivity contribution in [1.29, 1.82) is 0 Å². The van der Waals surface area contributed by atoms with Crippen LogP contribution in [-0.4, -0.2) is 43.4 Å². The van der Waals surface area contributed by atoms with Gasteiger partial charge in [0, 0.05) is 20.2 Å². The van der Waals surface area contributed by atoms with Crippen LogP contribution in [0.3, 0.4) is 0 Å². The molecule has 2 rings (SSSR count). The van der Waals surface area contributed by atoms with Crippen molar-refractivity contribution < 1.29 is 19.1 Å². The molecule has 0 bridgehead atoms. The smallest absolute Gasteiger partial charge is 0.341 e. The molecule has 0 radical (unpaired) electrons. The van der Waals surface area contributed by atoms with Crippen molar-refractivity contribution in [2.45, 2.75) is 13.8 Å².